The summed E-state index contributed by atoms with van der Waals surface area (Å²) in [5.74, 6) is 0.324. The van der Waals surface area contributed by atoms with E-state index < -0.39 is 0 Å². The summed E-state index contributed by atoms with van der Waals surface area (Å²) in [6, 6.07) is 16.5. The fourth-order valence-electron chi connectivity index (χ4n) is 3.23. The van der Waals surface area contributed by atoms with Crippen molar-refractivity contribution in [2.24, 2.45) is 15.8 Å². The second-order valence-electron chi connectivity index (χ2n) is 6.36. The summed E-state index contributed by atoms with van der Waals surface area (Å²) in [4.78, 5) is 10.9. The number of benzene rings is 2. The molecule has 0 amide bonds. The van der Waals surface area contributed by atoms with Crippen molar-refractivity contribution in [3.8, 4) is 0 Å². The lowest BCUT2D eigenvalue weighted by molar-refractivity contribution is 0.928. The van der Waals surface area contributed by atoms with Crippen molar-refractivity contribution < 1.29 is 0 Å². The normalized spacial score (nSPS) is 12.4. The van der Waals surface area contributed by atoms with Gasteiger partial charge in [-0.05, 0) is 29.7 Å². The number of aromatic nitrogens is 2. The maximum atomic E-state index is 5.89. The Balaban J connectivity index is 1.28. The molecular formula is C21H22N6. The van der Waals surface area contributed by atoms with E-state index in [-0.39, 0.29) is 0 Å². The average molecular weight is 358 g/mol. The minimum atomic E-state index is 0.324. The van der Waals surface area contributed by atoms with Crippen LogP contribution in [-0.4, -0.2) is 28.7 Å². The number of H-pyrrole nitrogens is 2. The molecule has 27 heavy (non-hydrogen) atoms. The molecule has 5 N–H and O–H groups in total. The third-order valence-electron chi connectivity index (χ3n) is 4.59. The quantitative estimate of drug-likeness (QED) is 0.242. The highest BCUT2D eigenvalue weighted by Gasteiger charge is 2.02. The van der Waals surface area contributed by atoms with Crippen LogP contribution in [0.1, 0.15) is 11.1 Å². The molecule has 6 nitrogen and oxygen atoms in total. The highest BCUT2D eigenvalue weighted by atomic mass is 15.3. The third-order valence-corrected chi connectivity index (χ3v) is 4.59. The van der Waals surface area contributed by atoms with Gasteiger partial charge in [-0.25, -0.2) is 5.43 Å². The van der Waals surface area contributed by atoms with Gasteiger partial charge in [0, 0.05) is 53.4 Å². The Morgan fingerprint density at radius 3 is 2.30 bits per heavy atom. The number of nitrogens with two attached hydrogens (primary N) is 1. The van der Waals surface area contributed by atoms with Crippen LogP contribution < -0.4 is 11.2 Å². The van der Waals surface area contributed by atoms with Crippen LogP contribution in [0.5, 0.6) is 0 Å². The van der Waals surface area contributed by atoms with Crippen LogP contribution in [0.4, 0.5) is 0 Å². The number of fused-ring (bicyclic) bond motifs is 2. The predicted octanol–water partition coefficient (Wildman–Crippen LogP) is 3.32. The lowest BCUT2D eigenvalue weighted by atomic mass is 10.1. The van der Waals surface area contributed by atoms with Gasteiger partial charge in [0.15, 0.2) is 0 Å². The van der Waals surface area contributed by atoms with E-state index in [0.29, 0.717) is 12.5 Å². The maximum Gasteiger partial charge on any atom is 0.209 e. The molecule has 0 aliphatic rings. The molecule has 0 spiro atoms. The van der Waals surface area contributed by atoms with E-state index in [1.165, 1.54) is 21.9 Å². The molecule has 2 heterocycles. The van der Waals surface area contributed by atoms with Gasteiger partial charge >= 0.3 is 0 Å². The number of hydrogen-bond donors (Lipinski definition) is 4. The first-order chi connectivity index (χ1) is 13.3. The van der Waals surface area contributed by atoms with Crippen LogP contribution in [0.2, 0.25) is 0 Å². The average Bonchev–Trinajstić information content (AvgIpc) is 3.30. The first kappa shape index (κ1) is 16.9. The molecule has 0 aliphatic heterocycles. The fraction of sp³-hybridized carbons (Fsp3) is 0.143. The van der Waals surface area contributed by atoms with Gasteiger partial charge in [-0.15, -0.1) is 0 Å². The van der Waals surface area contributed by atoms with Crippen molar-refractivity contribution >= 4 is 34.0 Å². The van der Waals surface area contributed by atoms with E-state index in [1.54, 1.807) is 6.21 Å². The summed E-state index contributed by atoms with van der Waals surface area (Å²) < 4.78 is 0. The Kier molecular flexibility index (Phi) is 4.87. The van der Waals surface area contributed by atoms with Crippen LogP contribution in [-0.2, 0) is 12.8 Å². The highest BCUT2D eigenvalue weighted by molar-refractivity contribution is 5.86. The first-order valence-electron chi connectivity index (χ1n) is 8.99. The molecule has 0 radical (unpaired) electrons. The molecule has 0 saturated heterocycles. The van der Waals surface area contributed by atoms with Crippen LogP contribution in [0.25, 0.3) is 21.8 Å². The molecule has 2 aromatic heterocycles. The molecule has 0 bridgehead atoms. The maximum absolute atomic E-state index is 5.89. The van der Waals surface area contributed by atoms with Crippen LogP contribution in [0.3, 0.4) is 0 Å². The molecule has 0 unspecified atom stereocenters. The Hall–Kier alpha value is -3.54. The Labute approximate surface area is 157 Å². The second-order valence-corrected chi connectivity index (χ2v) is 6.36. The SMILES string of the molecule is NC(=NCCc1c[nH]c2ccccc12)N/N=C/Cc1c[nH]c2ccccc12. The fourth-order valence-corrected chi connectivity index (χ4v) is 3.23. The minimum absolute atomic E-state index is 0.324. The molecule has 0 saturated carbocycles. The van der Waals surface area contributed by atoms with Crippen molar-refractivity contribution in [2.75, 3.05) is 6.54 Å². The van der Waals surface area contributed by atoms with E-state index >= 15 is 0 Å². The molecule has 0 atom stereocenters. The number of nitrogens with zero attached hydrogens (tertiary/aromatic N) is 2. The van der Waals surface area contributed by atoms with Crippen LogP contribution >= 0.6 is 0 Å². The second kappa shape index (κ2) is 7.78. The van der Waals surface area contributed by atoms with Gasteiger partial charge in [-0.1, -0.05) is 36.4 Å². The van der Waals surface area contributed by atoms with Crippen molar-refractivity contribution in [3.05, 3.63) is 72.1 Å². The lowest BCUT2D eigenvalue weighted by Gasteiger charge is -2.00. The van der Waals surface area contributed by atoms with E-state index in [9.17, 15) is 0 Å². The largest absolute Gasteiger partial charge is 0.369 e. The van der Waals surface area contributed by atoms with Gasteiger partial charge < -0.3 is 15.7 Å². The number of hydrogen-bond acceptors (Lipinski definition) is 2. The van der Waals surface area contributed by atoms with E-state index in [1.807, 2.05) is 36.7 Å². The lowest BCUT2D eigenvalue weighted by Crippen LogP contribution is -2.27. The summed E-state index contributed by atoms with van der Waals surface area (Å²) in [5, 5.41) is 6.61. The van der Waals surface area contributed by atoms with Gasteiger partial charge in [0.25, 0.3) is 0 Å². The van der Waals surface area contributed by atoms with Gasteiger partial charge in [0.1, 0.15) is 0 Å². The van der Waals surface area contributed by atoms with E-state index in [2.05, 4.69) is 49.8 Å². The van der Waals surface area contributed by atoms with Gasteiger partial charge in [-0.2, -0.15) is 5.10 Å². The van der Waals surface area contributed by atoms with E-state index in [4.69, 9.17) is 5.73 Å². The minimum Gasteiger partial charge on any atom is -0.369 e. The molecular weight excluding hydrogens is 336 g/mol. The zero-order valence-electron chi connectivity index (χ0n) is 14.9. The number of guanidine groups is 1. The molecule has 6 heteroatoms. The molecule has 4 aromatic rings. The van der Waals surface area contributed by atoms with Crippen LogP contribution in [0.15, 0.2) is 71.0 Å². The zero-order valence-corrected chi connectivity index (χ0v) is 14.9. The summed E-state index contributed by atoms with van der Waals surface area (Å²) in [7, 11) is 0. The van der Waals surface area contributed by atoms with Crippen molar-refractivity contribution in [3.63, 3.8) is 0 Å². The van der Waals surface area contributed by atoms with Crippen molar-refractivity contribution in [1.29, 1.82) is 0 Å². The predicted molar refractivity (Wildman–Crippen MR) is 112 cm³/mol. The van der Waals surface area contributed by atoms with Gasteiger partial charge in [-0.3, -0.25) is 4.99 Å². The zero-order chi connectivity index (χ0) is 18.5. The number of aliphatic imine (C=N–C) groups is 1. The number of aromatic amines is 2. The summed E-state index contributed by atoms with van der Waals surface area (Å²) in [6.45, 7) is 0.610. The molecule has 0 fully saturated rings. The highest BCUT2D eigenvalue weighted by Crippen LogP contribution is 2.18. The van der Waals surface area contributed by atoms with Crippen molar-refractivity contribution in [1.82, 2.24) is 15.4 Å². The summed E-state index contributed by atoms with van der Waals surface area (Å²) in [5.41, 5.74) is 13.4. The molecule has 4 rings (SSSR count). The third kappa shape index (κ3) is 3.84. The van der Waals surface area contributed by atoms with Gasteiger partial charge in [0.2, 0.25) is 5.96 Å². The Bertz CT molecular complexity index is 1100. The smallest absolute Gasteiger partial charge is 0.209 e. The Morgan fingerprint density at radius 2 is 1.56 bits per heavy atom. The molecule has 2 aromatic carbocycles. The van der Waals surface area contributed by atoms with Crippen LogP contribution in [0, 0.1) is 0 Å². The number of para-hydroxylation sites is 2. The van der Waals surface area contributed by atoms with E-state index in [0.717, 1.165) is 23.9 Å². The number of hydrazone groups is 1. The van der Waals surface area contributed by atoms with Gasteiger partial charge in [0.05, 0.1) is 0 Å². The topological polar surface area (TPSA) is 94.3 Å². The standard InChI is InChI=1S/C21H22N6/c22-21(23-11-9-15-13-24-19-7-3-1-5-17(15)19)27-26-12-10-16-14-25-20-8-4-2-6-18(16)20/h1-8,12-14,24-25H,9-11H2,(H3,22,23,27)/b26-12+. The first-order valence-corrected chi connectivity index (χ1v) is 8.99. The summed E-state index contributed by atoms with van der Waals surface area (Å²) in [6.07, 6.45) is 7.39. The molecule has 0 aliphatic carbocycles. The number of nitrogens with one attached hydrogen (secondary N) is 3. The Morgan fingerprint density at radius 1 is 0.926 bits per heavy atom. The summed E-state index contributed by atoms with van der Waals surface area (Å²) >= 11 is 0. The molecule has 136 valence electrons. The number of rotatable bonds is 6. The monoisotopic (exact) mass is 358 g/mol. The van der Waals surface area contributed by atoms with Crippen molar-refractivity contribution in [2.45, 2.75) is 12.8 Å².